The first kappa shape index (κ1) is 13.1. The monoisotopic (exact) mass is 271 g/mol. The number of benzene rings is 1. The molecule has 0 aliphatic heterocycles. The molecule has 100 valence electrons. The van der Waals surface area contributed by atoms with E-state index in [9.17, 15) is 18.0 Å². The van der Waals surface area contributed by atoms with Gasteiger partial charge < -0.3 is 9.63 Å². The Balaban J connectivity index is 2.57. The van der Waals surface area contributed by atoms with Gasteiger partial charge in [-0.05, 0) is 19.1 Å². The van der Waals surface area contributed by atoms with Gasteiger partial charge in [-0.2, -0.15) is 13.2 Å². The minimum atomic E-state index is -4.50. The summed E-state index contributed by atoms with van der Waals surface area (Å²) in [6, 6.07) is 4.27. The molecule has 0 unspecified atom stereocenters. The number of alkyl halides is 3. The van der Waals surface area contributed by atoms with Gasteiger partial charge in [-0.1, -0.05) is 17.3 Å². The molecule has 1 heterocycles. The van der Waals surface area contributed by atoms with Crippen LogP contribution in [0.1, 0.15) is 21.7 Å². The van der Waals surface area contributed by atoms with Crippen molar-refractivity contribution in [2.24, 2.45) is 0 Å². The molecule has 2 rings (SSSR count). The Labute approximate surface area is 105 Å². The molecule has 0 saturated heterocycles. The number of carboxylic acids is 1. The van der Waals surface area contributed by atoms with Crippen molar-refractivity contribution in [1.29, 1.82) is 0 Å². The molecule has 1 aromatic carbocycles. The highest BCUT2D eigenvalue weighted by molar-refractivity contribution is 5.95. The Hall–Kier alpha value is -2.31. The van der Waals surface area contributed by atoms with Crippen molar-refractivity contribution in [3.05, 3.63) is 41.2 Å². The first-order valence-electron chi connectivity index (χ1n) is 5.18. The van der Waals surface area contributed by atoms with E-state index in [1.54, 1.807) is 0 Å². The van der Waals surface area contributed by atoms with Gasteiger partial charge in [-0.3, -0.25) is 0 Å². The van der Waals surface area contributed by atoms with E-state index in [1.807, 2.05) is 0 Å². The summed E-state index contributed by atoms with van der Waals surface area (Å²) in [5.41, 5.74) is -1.18. The summed E-state index contributed by atoms with van der Waals surface area (Å²) in [5, 5.41) is 12.5. The lowest BCUT2D eigenvalue weighted by Crippen LogP contribution is -2.05. The quantitative estimate of drug-likeness (QED) is 0.909. The van der Waals surface area contributed by atoms with E-state index in [0.717, 1.165) is 12.1 Å². The molecule has 0 radical (unpaired) electrons. The molecule has 7 heteroatoms. The van der Waals surface area contributed by atoms with Crippen molar-refractivity contribution in [2.75, 3.05) is 0 Å². The highest BCUT2D eigenvalue weighted by Gasteiger charge is 2.31. The van der Waals surface area contributed by atoms with Crippen LogP contribution < -0.4 is 0 Å². The second-order valence-electron chi connectivity index (χ2n) is 3.85. The van der Waals surface area contributed by atoms with E-state index >= 15 is 0 Å². The number of hydrogen-bond acceptors (Lipinski definition) is 3. The lowest BCUT2D eigenvalue weighted by molar-refractivity contribution is -0.137. The zero-order valence-corrected chi connectivity index (χ0v) is 9.65. The minimum absolute atomic E-state index is 0.0416. The molecule has 0 fully saturated rings. The average Bonchev–Trinajstić information content (AvgIpc) is 2.70. The molecular formula is C12H8F3NO3. The van der Waals surface area contributed by atoms with Gasteiger partial charge in [0.05, 0.1) is 5.56 Å². The molecule has 19 heavy (non-hydrogen) atoms. The molecule has 1 N–H and O–H groups in total. The van der Waals surface area contributed by atoms with Crippen molar-refractivity contribution in [1.82, 2.24) is 5.16 Å². The SMILES string of the molecule is Cc1onc(-c2cccc(C(F)(F)F)c2)c1C(=O)O. The van der Waals surface area contributed by atoms with Gasteiger partial charge in [0.2, 0.25) is 0 Å². The maximum absolute atomic E-state index is 12.6. The largest absolute Gasteiger partial charge is 0.477 e. The number of carbonyl (C=O) groups is 1. The number of aryl methyl sites for hydroxylation is 1. The van der Waals surface area contributed by atoms with Gasteiger partial charge in [-0.15, -0.1) is 0 Å². The molecule has 0 amide bonds. The molecule has 2 aromatic rings. The number of carboxylic acid groups (broad SMARTS) is 1. The van der Waals surface area contributed by atoms with Gasteiger partial charge in [0.15, 0.2) is 0 Å². The number of nitrogens with zero attached hydrogens (tertiary/aromatic N) is 1. The van der Waals surface area contributed by atoms with Crippen LogP contribution in [-0.2, 0) is 6.18 Å². The van der Waals surface area contributed by atoms with E-state index in [4.69, 9.17) is 9.63 Å². The highest BCUT2D eigenvalue weighted by Crippen LogP contribution is 2.33. The van der Waals surface area contributed by atoms with E-state index < -0.39 is 17.7 Å². The van der Waals surface area contributed by atoms with Crippen LogP contribution in [0.2, 0.25) is 0 Å². The first-order valence-corrected chi connectivity index (χ1v) is 5.18. The number of rotatable bonds is 2. The van der Waals surface area contributed by atoms with Gasteiger partial charge in [-0.25, -0.2) is 4.79 Å². The summed E-state index contributed by atoms with van der Waals surface area (Å²) in [7, 11) is 0. The van der Waals surface area contributed by atoms with Gasteiger partial charge in [0, 0.05) is 5.56 Å². The zero-order valence-electron chi connectivity index (χ0n) is 9.65. The van der Waals surface area contributed by atoms with Gasteiger partial charge in [0.25, 0.3) is 0 Å². The second-order valence-corrected chi connectivity index (χ2v) is 3.85. The predicted molar refractivity (Wildman–Crippen MR) is 58.6 cm³/mol. The third-order valence-corrected chi connectivity index (χ3v) is 2.54. The summed E-state index contributed by atoms with van der Waals surface area (Å²) in [4.78, 5) is 11.0. The lowest BCUT2D eigenvalue weighted by Gasteiger charge is -2.07. The third kappa shape index (κ3) is 2.44. The maximum Gasteiger partial charge on any atom is 0.416 e. The van der Waals surface area contributed by atoms with E-state index in [0.29, 0.717) is 0 Å². The fourth-order valence-corrected chi connectivity index (χ4v) is 1.66. The first-order chi connectivity index (χ1) is 8.80. The van der Waals surface area contributed by atoms with Crippen molar-refractivity contribution in [2.45, 2.75) is 13.1 Å². The predicted octanol–water partition coefficient (Wildman–Crippen LogP) is 3.37. The van der Waals surface area contributed by atoms with E-state index in [-0.39, 0.29) is 22.6 Å². The van der Waals surface area contributed by atoms with E-state index in [1.165, 1.54) is 19.1 Å². The van der Waals surface area contributed by atoms with Gasteiger partial charge >= 0.3 is 12.1 Å². The van der Waals surface area contributed by atoms with Crippen LogP contribution in [0.4, 0.5) is 13.2 Å². The van der Waals surface area contributed by atoms with Crippen molar-refractivity contribution in [3.63, 3.8) is 0 Å². The molecule has 4 nitrogen and oxygen atoms in total. The number of halogens is 3. The zero-order chi connectivity index (χ0) is 14.2. The van der Waals surface area contributed by atoms with Crippen molar-refractivity contribution in [3.8, 4) is 11.3 Å². The van der Waals surface area contributed by atoms with E-state index in [2.05, 4.69) is 5.16 Å². The number of aromatic carboxylic acids is 1. The summed E-state index contributed by atoms with van der Waals surface area (Å²) in [5.74, 6) is -1.26. The van der Waals surface area contributed by atoms with Crippen LogP contribution in [0, 0.1) is 6.92 Å². The van der Waals surface area contributed by atoms with Crippen LogP contribution in [-0.4, -0.2) is 16.2 Å². The topological polar surface area (TPSA) is 63.3 Å². The third-order valence-electron chi connectivity index (χ3n) is 2.54. The summed E-state index contributed by atoms with van der Waals surface area (Å²) in [6.07, 6.45) is -4.50. The summed E-state index contributed by atoms with van der Waals surface area (Å²) in [6.45, 7) is 1.38. The Morgan fingerprint density at radius 2 is 2.05 bits per heavy atom. The van der Waals surface area contributed by atoms with Crippen LogP contribution in [0.15, 0.2) is 28.8 Å². The fourth-order valence-electron chi connectivity index (χ4n) is 1.66. The number of hydrogen-bond donors (Lipinski definition) is 1. The van der Waals surface area contributed by atoms with Crippen molar-refractivity contribution < 1.29 is 27.6 Å². The normalized spacial score (nSPS) is 11.6. The molecule has 0 aliphatic carbocycles. The molecular weight excluding hydrogens is 263 g/mol. The standard InChI is InChI=1S/C12H8F3NO3/c1-6-9(11(17)18)10(16-19-6)7-3-2-4-8(5-7)12(13,14)15/h2-5H,1H3,(H,17,18). The van der Waals surface area contributed by atoms with Crippen LogP contribution in [0.5, 0.6) is 0 Å². The fraction of sp³-hybridized carbons (Fsp3) is 0.167. The lowest BCUT2D eigenvalue weighted by atomic mass is 10.0. The highest BCUT2D eigenvalue weighted by atomic mass is 19.4. The number of aromatic nitrogens is 1. The molecule has 0 saturated carbocycles. The Morgan fingerprint density at radius 1 is 1.37 bits per heavy atom. The van der Waals surface area contributed by atoms with Crippen LogP contribution in [0.25, 0.3) is 11.3 Å². The Morgan fingerprint density at radius 3 is 2.63 bits per heavy atom. The van der Waals surface area contributed by atoms with Crippen LogP contribution >= 0.6 is 0 Å². The Bertz CT molecular complexity index is 631. The van der Waals surface area contributed by atoms with Gasteiger partial charge in [0.1, 0.15) is 17.0 Å². The smallest absolute Gasteiger partial charge is 0.416 e. The maximum atomic E-state index is 12.6. The summed E-state index contributed by atoms with van der Waals surface area (Å²) >= 11 is 0. The molecule has 1 aromatic heterocycles. The Kier molecular flexibility index (Phi) is 3.05. The average molecular weight is 271 g/mol. The molecule has 0 bridgehead atoms. The van der Waals surface area contributed by atoms with Crippen molar-refractivity contribution >= 4 is 5.97 Å². The van der Waals surface area contributed by atoms with Crippen LogP contribution in [0.3, 0.4) is 0 Å². The molecule has 0 aliphatic rings. The summed E-state index contributed by atoms with van der Waals surface area (Å²) < 4.78 is 42.5. The molecule has 0 spiro atoms. The minimum Gasteiger partial charge on any atom is -0.477 e. The molecule has 0 atom stereocenters. The second kappa shape index (κ2) is 4.42.